The standard InChI is InChI=1S/C18H19F2NO3/c1-18(2,3)24-17(22)21-8-4-5-11(9-21)13-10-23-16-12(13)6-7-14(19)15(16)20/h5-7,10H,4,8-9H2,1-3H3. The van der Waals surface area contributed by atoms with Gasteiger partial charge < -0.3 is 14.1 Å². The van der Waals surface area contributed by atoms with Crippen molar-refractivity contribution in [3.63, 3.8) is 0 Å². The average molecular weight is 335 g/mol. The van der Waals surface area contributed by atoms with Gasteiger partial charge in [0.1, 0.15) is 5.60 Å². The van der Waals surface area contributed by atoms with Crippen LogP contribution in [-0.4, -0.2) is 29.7 Å². The van der Waals surface area contributed by atoms with Crippen molar-refractivity contribution in [1.29, 1.82) is 0 Å². The quantitative estimate of drug-likeness (QED) is 0.756. The predicted molar refractivity (Wildman–Crippen MR) is 86.5 cm³/mol. The monoisotopic (exact) mass is 335 g/mol. The van der Waals surface area contributed by atoms with E-state index < -0.39 is 23.3 Å². The number of benzene rings is 1. The summed E-state index contributed by atoms with van der Waals surface area (Å²) in [7, 11) is 0. The van der Waals surface area contributed by atoms with Gasteiger partial charge in [0.2, 0.25) is 5.82 Å². The Balaban J connectivity index is 1.87. The van der Waals surface area contributed by atoms with Crippen molar-refractivity contribution in [3.8, 4) is 0 Å². The number of furan rings is 1. The van der Waals surface area contributed by atoms with Crippen molar-refractivity contribution in [2.45, 2.75) is 32.8 Å². The van der Waals surface area contributed by atoms with Gasteiger partial charge in [-0.2, -0.15) is 4.39 Å². The third-order valence-corrected chi connectivity index (χ3v) is 3.78. The molecule has 0 bridgehead atoms. The summed E-state index contributed by atoms with van der Waals surface area (Å²) in [5.74, 6) is -1.95. The van der Waals surface area contributed by atoms with Gasteiger partial charge in [0.05, 0.1) is 6.26 Å². The van der Waals surface area contributed by atoms with Crippen LogP contribution in [0.1, 0.15) is 32.8 Å². The zero-order valence-electron chi connectivity index (χ0n) is 13.9. The summed E-state index contributed by atoms with van der Waals surface area (Å²) in [6.07, 6.45) is 3.65. The Morgan fingerprint density at radius 1 is 1.29 bits per heavy atom. The van der Waals surface area contributed by atoms with Gasteiger partial charge >= 0.3 is 6.09 Å². The molecule has 0 aliphatic carbocycles. The van der Waals surface area contributed by atoms with E-state index in [1.807, 2.05) is 26.8 Å². The van der Waals surface area contributed by atoms with Crippen molar-refractivity contribution >= 4 is 22.6 Å². The summed E-state index contributed by atoms with van der Waals surface area (Å²) >= 11 is 0. The van der Waals surface area contributed by atoms with E-state index in [1.165, 1.54) is 12.3 Å². The van der Waals surface area contributed by atoms with E-state index in [0.29, 0.717) is 30.5 Å². The highest BCUT2D eigenvalue weighted by molar-refractivity contribution is 5.92. The Kier molecular flexibility index (Phi) is 4.07. The molecule has 0 N–H and O–H groups in total. The Bertz CT molecular complexity index is 818. The zero-order valence-corrected chi connectivity index (χ0v) is 13.9. The molecule has 0 radical (unpaired) electrons. The van der Waals surface area contributed by atoms with E-state index >= 15 is 0 Å². The number of amides is 1. The minimum Gasteiger partial charge on any atom is -0.460 e. The lowest BCUT2D eigenvalue weighted by atomic mass is 10.0. The Labute approximate surface area is 138 Å². The van der Waals surface area contributed by atoms with Gasteiger partial charge in [0.15, 0.2) is 11.4 Å². The van der Waals surface area contributed by atoms with Crippen LogP contribution < -0.4 is 0 Å². The molecule has 128 valence electrons. The minimum absolute atomic E-state index is 0.111. The fourth-order valence-corrected chi connectivity index (χ4v) is 2.71. The Morgan fingerprint density at radius 3 is 2.75 bits per heavy atom. The maximum Gasteiger partial charge on any atom is 0.410 e. The summed E-state index contributed by atoms with van der Waals surface area (Å²) in [4.78, 5) is 13.8. The lowest BCUT2D eigenvalue weighted by molar-refractivity contribution is 0.0273. The van der Waals surface area contributed by atoms with E-state index in [-0.39, 0.29) is 5.58 Å². The van der Waals surface area contributed by atoms with Gasteiger partial charge in [-0.1, -0.05) is 6.08 Å². The number of rotatable bonds is 1. The second-order valence-corrected chi connectivity index (χ2v) is 6.81. The first kappa shape index (κ1) is 16.5. The number of carbonyl (C=O) groups is 1. The molecule has 1 aliphatic heterocycles. The first-order valence-electron chi connectivity index (χ1n) is 7.79. The molecule has 0 unspecified atom stereocenters. The number of hydrogen-bond donors (Lipinski definition) is 0. The number of carbonyl (C=O) groups excluding carboxylic acids is 1. The summed E-state index contributed by atoms with van der Waals surface area (Å²) in [5, 5.41) is 0.492. The lowest BCUT2D eigenvalue weighted by Gasteiger charge is -2.30. The van der Waals surface area contributed by atoms with Crippen LogP contribution in [0.25, 0.3) is 16.5 Å². The van der Waals surface area contributed by atoms with Crippen LogP contribution in [0.15, 0.2) is 28.9 Å². The number of hydrogen-bond acceptors (Lipinski definition) is 3. The molecule has 1 aromatic heterocycles. The van der Waals surface area contributed by atoms with Crippen molar-refractivity contribution in [2.24, 2.45) is 0 Å². The number of halogens is 2. The maximum atomic E-state index is 13.8. The fraction of sp³-hybridized carbons (Fsp3) is 0.389. The van der Waals surface area contributed by atoms with E-state index in [1.54, 1.807) is 4.90 Å². The van der Waals surface area contributed by atoms with Gasteiger partial charge in [0, 0.05) is 24.0 Å². The number of fused-ring (bicyclic) bond motifs is 1. The van der Waals surface area contributed by atoms with Crippen LogP contribution in [0.5, 0.6) is 0 Å². The molecule has 2 heterocycles. The fourth-order valence-electron chi connectivity index (χ4n) is 2.71. The largest absolute Gasteiger partial charge is 0.460 e. The van der Waals surface area contributed by atoms with Gasteiger partial charge in [-0.15, -0.1) is 0 Å². The highest BCUT2D eigenvalue weighted by Gasteiger charge is 2.26. The minimum atomic E-state index is -1.00. The smallest absolute Gasteiger partial charge is 0.410 e. The first-order chi connectivity index (χ1) is 11.3. The number of nitrogens with zero attached hydrogens (tertiary/aromatic N) is 1. The highest BCUT2D eigenvalue weighted by atomic mass is 19.2. The zero-order chi connectivity index (χ0) is 17.5. The van der Waals surface area contributed by atoms with Crippen molar-refractivity contribution < 1.29 is 22.7 Å². The van der Waals surface area contributed by atoms with Crippen LogP contribution in [0.2, 0.25) is 0 Å². The second-order valence-electron chi connectivity index (χ2n) is 6.81. The topological polar surface area (TPSA) is 42.7 Å². The molecule has 1 amide bonds. The van der Waals surface area contributed by atoms with Crippen LogP contribution in [0, 0.1) is 11.6 Å². The molecule has 0 saturated heterocycles. The van der Waals surface area contributed by atoms with Crippen molar-refractivity contribution in [1.82, 2.24) is 4.90 Å². The van der Waals surface area contributed by atoms with Crippen molar-refractivity contribution in [3.05, 3.63) is 41.7 Å². The molecule has 0 spiro atoms. The number of ether oxygens (including phenoxy) is 1. The maximum absolute atomic E-state index is 13.8. The predicted octanol–water partition coefficient (Wildman–Crippen LogP) is 4.74. The van der Waals surface area contributed by atoms with Gasteiger partial charge in [-0.05, 0) is 44.9 Å². The highest BCUT2D eigenvalue weighted by Crippen LogP contribution is 2.32. The molecule has 24 heavy (non-hydrogen) atoms. The molecule has 2 aromatic rings. The molecule has 6 heteroatoms. The Hall–Kier alpha value is -2.37. The van der Waals surface area contributed by atoms with Gasteiger partial charge in [0.25, 0.3) is 0 Å². The van der Waals surface area contributed by atoms with E-state index in [0.717, 1.165) is 11.6 Å². The third kappa shape index (κ3) is 3.13. The molecule has 1 aliphatic rings. The molecule has 4 nitrogen and oxygen atoms in total. The van der Waals surface area contributed by atoms with Gasteiger partial charge in [-0.25, -0.2) is 9.18 Å². The molecule has 0 saturated carbocycles. The van der Waals surface area contributed by atoms with Crippen LogP contribution in [0.3, 0.4) is 0 Å². The normalized spacial score (nSPS) is 15.5. The molecular weight excluding hydrogens is 316 g/mol. The van der Waals surface area contributed by atoms with Crippen molar-refractivity contribution in [2.75, 3.05) is 13.1 Å². The molecule has 3 rings (SSSR count). The SMILES string of the molecule is CC(C)(C)OC(=O)N1CCC=C(c2coc3c(F)c(F)ccc23)C1. The third-order valence-electron chi connectivity index (χ3n) is 3.78. The summed E-state index contributed by atoms with van der Waals surface area (Å²) in [6.45, 7) is 6.32. The summed E-state index contributed by atoms with van der Waals surface area (Å²) < 4.78 is 37.7. The molecular formula is C18H19F2NO3. The summed E-state index contributed by atoms with van der Waals surface area (Å²) in [6, 6.07) is 2.56. The average Bonchev–Trinajstić information content (AvgIpc) is 2.94. The first-order valence-corrected chi connectivity index (χ1v) is 7.79. The van der Waals surface area contributed by atoms with E-state index in [4.69, 9.17) is 9.15 Å². The lowest BCUT2D eigenvalue weighted by Crippen LogP contribution is -2.39. The van der Waals surface area contributed by atoms with E-state index in [2.05, 4.69) is 0 Å². The van der Waals surface area contributed by atoms with Crippen LogP contribution in [-0.2, 0) is 4.74 Å². The molecule has 0 fully saturated rings. The molecule has 0 atom stereocenters. The summed E-state index contributed by atoms with van der Waals surface area (Å²) in [5.41, 5.74) is 0.816. The second kappa shape index (κ2) is 5.92. The van der Waals surface area contributed by atoms with Crippen LogP contribution >= 0.6 is 0 Å². The van der Waals surface area contributed by atoms with Gasteiger partial charge in [-0.3, -0.25) is 0 Å². The van der Waals surface area contributed by atoms with E-state index in [9.17, 15) is 13.6 Å². The molecule has 1 aromatic carbocycles. The Morgan fingerprint density at radius 2 is 2.04 bits per heavy atom. The van der Waals surface area contributed by atoms with Crippen LogP contribution in [0.4, 0.5) is 13.6 Å².